The number of carbonyl (C=O) groups excluding carboxylic acids is 2. The van der Waals surface area contributed by atoms with E-state index in [9.17, 15) is 19.7 Å². The number of halogens is 1. The monoisotopic (exact) mass is 401 g/mol. The number of hydrogen-bond acceptors (Lipinski definition) is 6. The molecule has 1 heterocycles. The van der Waals surface area contributed by atoms with Crippen molar-refractivity contribution in [2.75, 3.05) is 6.61 Å². The molecule has 0 N–H and O–H groups in total. The number of rotatable bonds is 6. The van der Waals surface area contributed by atoms with Crippen LogP contribution in [0.15, 0.2) is 42.0 Å². The van der Waals surface area contributed by atoms with Gasteiger partial charge in [0, 0.05) is 11.6 Å². The molecule has 144 valence electrons. The highest BCUT2D eigenvalue weighted by Crippen LogP contribution is 2.52. The molecule has 28 heavy (non-hydrogen) atoms. The maximum Gasteiger partial charge on any atom is 0.313 e. The summed E-state index contributed by atoms with van der Waals surface area (Å²) in [5.41, 5.74) is -0.0598. The van der Waals surface area contributed by atoms with E-state index in [1.54, 1.807) is 0 Å². The van der Waals surface area contributed by atoms with Gasteiger partial charge in [-0.1, -0.05) is 36.4 Å². The zero-order valence-corrected chi connectivity index (χ0v) is 15.4. The summed E-state index contributed by atoms with van der Waals surface area (Å²) in [6.07, 6.45) is 7.49. The number of carbonyl (C=O) groups is 2. The van der Waals surface area contributed by atoms with Crippen LogP contribution < -0.4 is 4.74 Å². The molecule has 0 unspecified atom stereocenters. The quantitative estimate of drug-likeness (QED) is 0.240. The van der Waals surface area contributed by atoms with Crippen LogP contribution in [0.3, 0.4) is 0 Å². The van der Waals surface area contributed by atoms with Crippen LogP contribution in [0.1, 0.15) is 12.0 Å². The molecule has 0 radical (unpaired) electrons. The molecule has 4 atom stereocenters. The maximum atomic E-state index is 12.6. The number of nitro groups is 1. The predicted molar refractivity (Wildman–Crippen MR) is 101 cm³/mol. The first-order valence-electron chi connectivity index (χ1n) is 8.74. The number of nitrogens with zero attached hydrogens (tertiary/aromatic N) is 3. The van der Waals surface area contributed by atoms with Crippen LogP contribution in [0.25, 0.3) is 0 Å². The fourth-order valence-electron chi connectivity index (χ4n) is 4.22. The summed E-state index contributed by atoms with van der Waals surface area (Å²) in [4.78, 5) is 35.9. The first kappa shape index (κ1) is 18.4. The Balaban J connectivity index is 1.60. The van der Waals surface area contributed by atoms with Gasteiger partial charge in [-0.3, -0.25) is 19.7 Å². The molecule has 1 aliphatic heterocycles. The third-order valence-electron chi connectivity index (χ3n) is 5.36. The van der Waals surface area contributed by atoms with Crippen molar-refractivity contribution in [2.24, 2.45) is 28.8 Å². The van der Waals surface area contributed by atoms with E-state index < -0.39 is 4.92 Å². The molecule has 1 saturated heterocycles. The first-order valence-corrected chi connectivity index (χ1v) is 9.12. The molecule has 0 spiro atoms. The van der Waals surface area contributed by atoms with Crippen molar-refractivity contribution < 1.29 is 19.2 Å². The Bertz CT molecular complexity index is 927. The van der Waals surface area contributed by atoms with Gasteiger partial charge in [-0.05, 0) is 24.3 Å². The lowest BCUT2D eigenvalue weighted by Crippen LogP contribution is -2.28. The molecule has 2 fully saturated rings. The third-order valence-corrected chi connectivity index (χ3v) is 5.64. The molecule has 2 aliphatic carbocycles. The lowest BCUT2D eigenvalue weighted by atomic mass is 9.85. The summed E-state index contributed by atoms with van der Waals surface area (Å²) in [7, 11) is 0. The molecular weight excluding hydrogens is 386 g/mol. The minimum atomic E-state index is -0.623. The van der Waals surface area contributed by atoms with Crippen molar-refractivity contribution in [2.45, 2.75) is 6.42 Å². The van der Waals surface area contributed by atoms with Crippen LogP contribution in [0, 0.1) is 33.8 Å². The highest BCUT2D eigenvalue weighted by molar-refractivity contribution is 6.32. The largest absolute Gasteiger partial charge is 0.482 e. The van der Waals surface area contributed by atoms with E-state index >= 15 is 0 Å². The van der Waals surface area contributed by atoms with Crippen LogP contribution in [-0.4, -0.2) is 34.6 Å². The van der Waals surface area contributed by atoms with Crippen LogP contribution in [0.2, 0.25) is 5.02 Å². The Kier molecular flexibility index (Phi) is 4.50. The number of nitro benzene ring substituents is 1. The average Bonchev–Trinajstić information content (AvgIpc) is 3.33. The van der Waals surface area contributed by atoms with Crippen molar-refractivity contribution in [1.29, 1.82) is 0 Å². The second-order valence-corrected chi connectivity index (χ2v) is 7.35. The molecule has 4 rings (SSSR count). The molecule has 1 saturated carbocycles. The molecule has 2 bridgehead atoms. The summed E-state index contributed by atoms with van der Waals surface area (Å²) >= 11 is 6.11. The van der Waals surface area contributed by atoms with Gasteiger partial charge in [-0.2, -0.15) is 10.1 Å². The fourth-order valence-corrected chi connectivity index (χ4v) is 4.50. The second kappa shape index (κ2) is 6.87. The van der Waals surface area contributed by atoms with Gasteiger partial charge in [-0.15, -0.1) is 0 Å². The highest BCUT2D eigenvalue weighted by atomic mass is 35.5. The number of imide groups is 1. The first-order chi connectivity index (χ1) is 13.4. The maximum absolute atomic E-state index is 12.6. The van der Waals surface area contributed by atoms with Gasteiger partial charge in [0.15, 0.2) is 0 Å². The Morgan fingerprint density at radius 1 is 1.29 bits per heavy atom. The van der Waals surface area contributed by atoms with E-state index in [2.05, 4.69) is 11.7 Å². The van der Waals surface area contributed by atoms with Gasteiger partial charge in [0.1, 0.15) is 6.61 Å². The minimum Gasteiger partial charge on any atom is -0.482 e. The lowest BCUT2D eigenvalue weighted by Gasteiger charge is -2.13. The van der Waals surface area contributed by atoms with E-state index in [1.807, 2.05) is 12.2 Å². The second-order valence-electron chi connectivity index (χ2n) is 6.94. The Labute approximate surface area is 165 Å². The van der Waals surface area contributed by atoms with E-state index in [0.29, 0.717) is 0 Å². The van der Waals surface area contributed by atoms with Gasteiger partial charge >= 0.3 is 5.69 Å². The molecular formula is C19H16ClN3O5. The number of allylic oxidation sites excluding steroid dienone is 2. The molecule has 3 aliphatic rings. The number of hydrogen-bond donors (Lipinski definition) is 0. The van der Waals surface area contributed by atoms with Crippen LogP contribution in [0.5, 0.6) is 5.75 Å². The van der Waals surface area contributed by atoms with Crippen molar-refractivity contribution in [1.82, 2.24) is 5.01 Å². The van der Waals surface area contributed by atoms with Gasteiger partial charge in [0.25, 0.3) is 11.8 Å². The Hall–Kier alpha value is -3.00. The molecule has 1 aromatic rings. The zero-order chi connectivity index (χ0) is 20.0. The molecule has 0 aromatic heterocycles. The smallest absolute Gasteiger partial charge is 0.313 e. The van der Waals surface area contributed by atoms with Gasteiger partial charge in [0.05, 0.1) is 28.0 Å². The topological polar surface area (TPSA) is 102 Å². The Morgan fingerprint density at radius 3 is 2.50 bits per heavy atom. The van der Waals surface area contributed by atoms with Gasteiger partial charge in [-0.25, -0.2) is 0 Å². The number of hydrazone groups is 1. The zero-order valence-electron chi connectivity index (χ0n) is 14.7. The summed E-state index contributed by atoms with van der Waals surface area (Å²) in [6, 6.07) is 2.65. The molecule has 9 heteroatoms. The normalized spacial score (nSPS) is 27.7. The predicted octanol–water partition coefficient (Wildman–Crippen LogP) is 2.95. The average molecular weight is 402 g/mol. The summed E-state index contributed by atoms with van der Waals surface area (Å²) in [6.45, 7) is 3.55. The van der Waals surface area contributed by atoms with Gasteiger partial charge in [0.2, 0.25) is 5.75 Å². The van der Waals surface area contributed by atoms with Crippen LogP contribution in [0.4, 0.5) is 5.69 Å². The van der Waals surface area contributed by atoms with Crippen LogP contribution in [-0.2, 0) is 9.59 Å². The number of fused-ring (bicyclic) bond motifs is 5. The highest BCUT2D eigenvalue weighted by Gasteiger charge is 2.59. The Morgan fingerprint density at radius 2 is 1.93 bits per heavy atom. The van der Waals surface area contributed by atoms with Crippen molar-refractivity contribution in [3.63, 3.8) is 0 Å². The summed E-state index contributed by atoms with van der Waals surface area (Å²) in [5.74, 6) is -1.26. The molecule has 1 aromatic carbocycles. The SMILES string of the molecule is C=CCOc1c(Cl)cc(C=NN2C(=O)[C@@H]3[C@H](C2=O)[C@H]2C=C[C@H]3C2)cc1[N+](=O)[O-]. The lowest BCUT2D eigenvalue weighted by molar-refractivity contribution is -0.385. The number of ether oxygens (including phenoxy) is 1. The van der Waals surface area contributed by atoms with Crippen LogP contribution >= 0.6 is 11.6 Å². The number of benzene rings is 1. The van der Waals surface area contributed by atoms with E-state index in [1.165, 1.54) is 24.4 Å². The van der Waals surface area contributed by atoms with Gasteiger partial charge < -0.3 is 4.74 Å². The van der Waals surface area contributed by atoms with Crippen molar-refractivity contribution in [3.8, 4) is 5.75 Å². The van der Waals surface area contributed by atoms with E-state index in [-0.39, 0.29) is 64.1 Å². The third kappa shape index (κ3) is 2.80. The van der Waals surface area contributed by atoms with E-state index in [0.717, 1.165) is 11.4 Å². The standard InChI is InChI=1S/C19H16ClN3O5/c1-2-5-28-17-13(20)6-10(7-14(17)23(26)27)9-21-22-18(24)15-11-3-4-12(8-11)16(15)19(22)25/h2-4,6-7,9,11-12,15-16H,1,5,8H2/t11-,12-,15-,16+/m0/s1. The molecule has 2 amide bonds. The van der Waals surface area contributed by atoms with Crippen molar-refractivity contribution >= 4 is 35.3 Å². The summed E-state index contributed by atoms with van der Waals surface area (Å²) in [5, 5.41) is 16.2. The van der Waals surface area contributed by atoms with E-state index in [4.69, 9.17) is 16.3 Å². The van der Waals surface area contributed by atoms with Crippen molar-refractivity contribution in [3.05, 3.63) is 57.6 Å². The summed E-state index contributed by atoms with van der Waals surface area (Å²) < 4.78 is 5.26. The number of amides is 2. The minimum absolute atomic E-state index is 0.0238. The fraction of sp³-hybridized carbons (Fsp3) is 0.316. The molecule has 8 nitrogen and oxygen atoms in total.